The molecule has 0 spiro atoms. The standard InChI is InChI=1S/C13H17N3O3/c1-2-12(17)15-16-13(10-3-5-14-6-4-10)11-7-18-9-19-8-11/h3-6,11H,2,7-9H2,1H3,(H,15,17). The maximum atomic E-state index is 11.3. The van der Waals surface area contributed by atoms with Crippen molar-refractivity contribution in [2.45, 2.75) is 13.3 Å². The van der Waals surface area contributed by atoms with E-state index >= 15 is 0 Å². The monoisotopic (exact) mass is 263 g/mol. The van der Waals surface area contributed by atoms with Gasteiger partial charge in [-0.1, -0.05) is 6.92 Å². The van der Waals surface area contributed by atoms with Gasteiger partial charge in [0.1, 0.15) is 6.79 Å². The van der Waals surface area contributed by atoms with Gasteiger partial charge < -0.3 is 9.47 Å². The Morgan fingerprint density at radius 2 is 2.11 bits per heavy atom. The van der Waals surface area contributed by atoms with E-state index in [1.807, 2.05) is 12.1 Å². The Kier molecular flexibility index (Phi) is 5.00. The summed E-state index contributed by atoms with van der Waals surface area (Å²) in [4.78, 5) is 15.3. The van der Waals surface area contributed by atoms with Crippen molar-refractivity contribution in [3.8, 4) is 0 Å². The summed E-state index contributed by atoms with van der Waals surface area (Å²) >= 11 is 0. The van der Waals surface area contributed by atoms with E-state index in [0.29, 0.717) is 26.4 Å². The SMILES string of the molecule is CCC(=O)NN=C(c1ccncc1)C1COCOC1. The predicted molar refractivity (Wildman–Crippen MR) is 69.5 cm³/mol. The molecule has 1 aromatic heterocycles. The number of ether oxygens (including phenoxy) is 2. The molecule has 6 heteroatoms. The van der Waals surface area contributed by atoms with Gasteiger partial charge in [-0.3, -0.25) is 9.78 Å². The van der Waals surface area contributed by atoms with Gasteiger partial charge in [-0.2, -0.15) is 5.10 Å². The molecule has 1 saturated heterocycles. The number of carbonyl (C=O) groups excluding carboxylic acids is 1. The van der Waals surface area contributed by atoms with Crippen LogP contribution in [0.4, 0.5) is 0 Å². The van der Waals surface area contributed by atoms with Crippen molar-refractivity contribution in [1.82, 2.24) is 10.4 Å². The molecule has 0 bridgehead atoms. The molecule has 19 heavy (non-hydrogen) atoms. The number of nitrogens with one attached hydrogen (secondary N) is 1. The summed E-state index contributed by atoms with van der Waals surface area (Å²) in [5.74, 6) is -0.113. The number of rotatable bonds is 4. The maximum Gasteiger partial charge on any atom is 0.239 e. The minimum atomic E-state index is -0.121. The first-order valence-electron chi connectivity index (χ1n) is 6.23. The zero-order chi connectivity index (χ0) is 13.5. The molecule has 1 fully saturated rings. The maximum absolute atomic E-state index is 11.3. The highest BCUT2D eigenvalue weighted by atomic mass is 16.7. The van der Waals surface area contributed by atoms with Crippen molar-refractivity contribution in [3.63, 3.8) is 0 Å². The largest absolute Gasteiger partial charge is 0.355 e. The first kappa shape index (κ1) is 13.6. The number of hydrogen-bond acceptors (Lipinski definition) is 5. The van der Waals surface area contributed by atoms with E-state index in [-0.39, 0.29) is 11.8 Å². The zero-order valence-corrected chi connectivity index (χ0v) is 10.8. The van der Waals surface area contributed by atoms with E-state index in [0.717, 1.165) is 11.3 Å². The average molecular weight is 263 g/mol. The zero-order valence-electron chi connectivity index (χ0n) is 10.8. The van der Waals surface area contributed by atoms with Crippen LogP contribution in [0.25, 0.3) is 0 Å². The molecule has 0 radical (unpaired) electrons. The Morgan fingerprint density at radius 3 is 2.74 bits per heavy atom. The fourth-order valence-electron chi connectivity index (χ4n) is 1.76. The van der Waals surface area contributed by atoms with Crippen LogP contribution in [0.1, 0.15) is 18.9 Å². The summed E-state index contributed by atoms with van der Waals surface area (Å²) < 4.78 is 10.6. The van der Waals surface area contributed by atoms with E-state index < -0.39 is 0 Å². The number of pyridine rings is 1. The number of hydrogen-bond donors (Lipinski definition) is 1. The van der Waals surface area contributed by atoms with Crippen LogP contribution in [0, 0.1) is 5.92 Å². The lowest BCUT2D eigenvalue weighted by Crippen LogP contribution is -2.33. The quantitative estimate of drug-likeness (QED) is 0.648. The molecule has 1 N–H and O–H groups in total. The third kappa shape index (κ3) is 3.84. The van der Waals surface area contributed by atoms with Crippen molar-refractivity contribution in [2.75, 3.05) is 20.0 Å². The van der Waals surface area contributed by atoms with Crippen LogP contribution in [-0.2, 0) is 14.3 Å². The molecule has 2 heterocycles. The van der Waals surface area contributed by atoms with Crippen molar-refractivity contribution < 1.29 is 14.3 Å². The second-order valence-corrected chi connectivity index (χ2v) is 4.18. The van der Waals surface area contributed by atoms with Crippen LogP contribution in [0.2, 0.25) is 0 Å². The van der Waals surface area contributed by atoms with Gasteiger partial charge in [0.15, 0.2) is 0 Å². The predicted octanol–water partition coefficient (Wildman–Crippen LogP) is 0.932. The summed E-state index contributed by atoms with van der Waals surface area (Å²) in [5.41, 5.74) is 4.21. The van der Waals surface area contributed by atoms with E-state index in [2.05, 4.69) is 15.5 Å². The van der Waals surface area contributed by atoms with Gasteiger partial charge in [0.25, 0.3) is 0 Å². The molecular formula is C13H17N3O3. The summed E-state index contributed by atoms with van der Waals surface area (Å²) in [6.07, 6.45) is 3.78. The minimum absolute atomic E-state index is 0.00769. The molecule has 1 aliphatic rings. The Hall–Kier alpha value is -1.79. The highest BCUT2D eigenvalue weighted by Gasteiger charge is 2.22. The third-order valence-corrected chi connectivity index (χ3v) is 2.79. The van der Waals surface area contributed by atoms with E-state index in [1.165, 1.54) is 0 Å². The second-order valence-electron chi connectivity index (χ2n) is 4.18. The van der Waals surface area contributed by atoms with Crippen molar-refractivity contribution in [3.05, 3.63) is 30.1 Å². The van der Waals surface area contributed by atoms with Crippen LogP contribution in [-0.4, -0.2) is 36.6 Å². The first-order valence-corrected chi connectivity index (χ1v) is 6.23. The minimum Gasteiger partial charge on any atom is -0.355 e. The van der Waals surface area contributed by atoms with Gasteiger partial charge in [-0.05, 0) is 12.1 Å². The Labute approximate surface area is 111 Å². The molecule has 102 valence electrons. The molecular weight excluding hydrogens is 246 g/mol. The molecule has 2 rings (SSSR count). The number of amides is 1. The molecule has 1 aromatic rings. The van der Waals surface area contributed by atoms with Crippen molar-refractivity contribution in [2.24, 2.45) is 11.0 Å². The van der Waals surface area contributed by atoms with Gasteiger partial charge in [0.2, 0.25) is 5.91 Å². The van der Waals surface area contributed by atoms with E-state index in [4.69, 9.17) is 9.47 Å². The van der Waals surface area contributed by atoms with Crippen LogP contribution >= 0.6 is 0 Å². The molecule has 1 amide bonds. The van der Waals surface area contributed by atoms with Crippen LogP contribution < -0.4 is 5.43 Å². The number of aromatic nitrogens is 1. The molecule has 0 atom stereocenters. The van der Waals surface area contributed by atoms with Crippen molar-refractivity contribution >= 4 is 11.6 Å². The van der Waals surface area contributed by atoms with Gasteiger partial charge in [0.05, 0.1) is 24.8 Å². The highest BCUT2D eigenvalue weighted by Crippen LogP contribution is 2.14. The molecule has 1 aliphatic heterocycles. The lowest BCUT2D eigenvalue weighted by molar-refractivity contribution is -0.121. The van der Waals surface area contributed by atoms with Crippen LogP contribution in [0.15, 0.2) is 29.6 Å². The molecule has 0 saturated carbocycles. The topological polar surface area (TPSA) is 72.8 Å². The summed E-state index contributed by atoms with van der Waals surface area (Å²) in [5, 5.41) is 4.22. The van der Waals surface area contributed by atoms with Gasteiger partial charge in [-0.25, -0.2) is 5.43 Å². The van der Waals surface area contributed by atoms with Crippen molar-refractivity contribution in [1.29, 1.82) is 0 Å². The third-order valence-electron chi connectivity index (χ3n) is 2.79. The first-order chi connectivity index (χ1) is 9.31. The molecule has 0 unspecified atom stereocenters. The smallest absolute Gasteiger partial charge is 0.239 e. The number of hydrazone groups is 1. The lowest BCUT2D eigenvalue weighted by Gasteiger charge is -2.23. The van der Waals surface area contributed by atoms with Crippen LogP contribution in [0.3, 0.4) is 0 Å². The van der Waals surface area contributed by atoms with E-state index in [9.17, 15) is 4.79 Å². The summed E-state index contributed by atoms with van der Waals surface area (Å²) in [6.45, 7) is 3.15. The Balaban J connectivity index is 2.19. The fraction of sp³-hybridized carbons (Fsp3) is 0.462. The molecule has 0 aliphatic carbocycles. The summed E-state index contributed by atoms with van der Waals surface area (Å²) in [7, 11) is 0. The Morgan fingerprint density at radius 1 is 1.42 bits per heavy atom. The summed E-state index contributed by atoms with van der Waals surface area (Å²) in [6, 6.07) is 3.71. The molecule has 0 aromatic carbocycles. The lowest BCUT2D eigenvalue weighted by atomic mass is 9.98. The van der Waals surface area contributed by atoms with Gasteiger partial charge >= 0.3 is 0 Å². The average Bonchev–Trinajstić information content (AvgIpc) is 2.49. The van der Waals surface area contributed by atoms with Gasteiger partial charge in [0, 0.05) is 24.4 Å². The highest BCUT2D eigenvalue weighted by molar-refractivity contribution is 6.02. The van der Waals surface area contributed by atoms with Crippen LogP contribution in [0.5, 0.6) is 0 Å². The second kappa shape index (κ2) is 6.96. The van der Waals surface area contributed by atoms with Gasteiger partial charge in [-0.15, -0.1) is 0 Å². The van der Waals surface area contributed by atoms with E-state index in [1.54, 1.807) is 19.3 Å². The molecule has 6 nitrogen and oxygen atoms in total. The number of carbonyl (C=O) groups is 1. The normalized spacial score (nSPS) is 17.2. The number of nitrogens with zero attached hydrogens (tertiary/aromatic N) is 2. The fourth-order valence-corrected chi connectivity index (χ4v) is 1.76. The Bertz CT molecular complexity index is 442.